The number of rotatable bonds is 10. The molecule has 0 bridgehead atoms. The maximum Gasteiger partial charge on any atom is 0.245 e. The number of sulfone groups is 1. The molecule has 2 aliphatic heterocycles. The lowest BCUT2D eigenvalue weighted by Crippen LogP contribution is -2.49. The van der Waals surface area contributed by atoms with E-state index in [1.807, 2.05) is 0 Å². The second-order valence-electron chi connectivity index (χ2n) is 10.3. The molecule has 1 amide bonds. The lowest BCUT2D eigenvalue weighted by atomic mass is 10.0. The van der Waals surface area contributed by atoms with Crippen LogP contribution in [0.1, 0.15) is 11.3 Å². The van der Waals surface area contributed by atoms with E-state index in [-0.39, 0.29) is 30.1 Å². The molecular formula is C29H31ClFN3O6S3. The molecule has 230 valence electrons. The Labute approximate surface area is 260 Å². The number of amides is 1. The molecule has 43 heavy (non-hydrogen) atoms. The van der Waals surface area contributed by atoms with Crippen LogP contribution in [0.5, 0.6) is 0 Å². The molecule has 0 spiro atoms. The Morgan fingerprint density at radius 3 is 2.49 bits per heavy atom. The molecule has 2 fully saturated rings. The van der Waals surface area contributed by atoms with Crippen molar-refractivity contribution < 1.29 is 30.8 Å². The van der Waals surface area contributed by atoms with E-state index in [1.165, 1.54) is 44.8 Å². The van der Waals surface area contributed by atoms with Crippen LogP contribution in [0.25, 0.3) is 17.2 Å². The van der Waals surface area contributed by atoms with Crippen molar-refractivity contribution >= 4 is 60.5 Å². The summed E-state index contributed by atoms with van der Waals surface area (Å²) < 4.78 is 74.4. The van der Waals surface area contributed by atoms with E-state index < -0.39 is 37.6 Å². The summed E-state index contributed by atoms with van der Waals surface area (Å²) in [5.41, 5.74) is 0.696. The fourth-order valence-electron chi connectivity index (χ4n) is 5.27. The fraction of sp³-hybridized carbons (Fsp3) is 0.345. The summed E-state index contributed by atoms with van der Waals surface area (Å²) >= 11 is 7.23. The largest absolute Gasteiger partial charge is 0.379 e. The molecule has 5 rings (SSSR count). The monoisotopic (exact) mass is 667 g/mol. The van der Waals surface area contributed by atoms with Crippen LogP contribution in [-0.2, 0) is 29.4 Å². The Bertz CT molecular complexity index is 1740. The van der Waals surface area contributed by atoms with Crippen molar-refractivity contribution in [2.45, 2.75) is 17.4 Å². The van der Waals surface area contributed by atoms with Gasteiger partial charge in [-0.3, -0.25) is 9.69 Å². The predicted molar refractivity (Wildman–Crippen MR) is 167 cm³/mol. The van der Waals surface area contributed by atoms with Gasteiger partial charge in [-0.05, 0) is 48.4 Å². The summed E-state index contributed by atoms with van der Waals surface area (Å²) in [6.45, 7) is 3.01. The van der Waals surface area contributed by atoms with E-state index in [0.29, 0.717) is 53.2 Å². The number of morpholine rings is 1. The Morgan fingerprint density at radius 1 is 1.07 bits per heavy atom. The first-order valence-corrected chi connectivity index (χ1v) is 18.2. The molecule has 1 aromatic heterocycles. The van der Waals surface area contributed by atoms with E-state index in [4.69, 9.17) is 16.3 Å². The van der Waals surface area contributed by atoms with Crippen LogP contribution in [0, 0.1) is 5.82 Å². The average Bonchev–Trinajstić information content (AvgIpc) is 3.57. The molecule has 0 radical (unpaired) electrons. The number of hydrogen-bond donors (Lipinski definition) is 0. The summed E-state index contributed by atoms with van der Waals surface area (Å²) in [6, 6.07) is 12.9. The van der Waals surface area contributed by atoms with Gasteiger partial charge in [0.25, 0.3) is 0 Å². The van der Waals surface area contributed by atoms with Gasteiger partial charge in [0.1, 0.15) is 11.9 Å². The van der Waals surface area contributed by atoms with Gasteiger partial charge in [0, 0.05) is 54.8 Å². The minimum absolute atomic E-state index is 0.00221. The molecule has 9 nitrogen and oxygen atoms in total. The Morgan fingerprint density at radius 2 is 1.81 bits per heavy atom. The first kappa shape index (κ1) is 31.8. The lowest BCUT2D eigenvalue weighted by molar-refractivity contribution is -0.120. The second-order valence-corrected chi connectivity index (χ2v) is 15.8. The zero-order valence-corrected chi connectivity index (χ0v) is 26.6. The van der Waals surface area contributed by atoms with E-state index in [9.17, 15) is 21.6 Å². The smallest absolute Gasteiger partial charge is 0.245 e. The average molecular weight is 668 g/mol. The summed E-state index contributed by atoms with van der Waals surface area (Å²) in [6.07, 6.45) is 2.72. The van der Waals surface area contributed by atoms with Crippen molar-refractivity contribution in [1.82, 2.24) is 9.21 Å². The van der Waals surface area contributed by atoms with E-state index >= 15 is 4.39 Å². The number of benzene rings is 2. The van der Waals surface area contributed by atoms with Crippen LogP contribution in [0.3, 0.4) is 0 Å². The topological polar surface area (TPSA) is 104 Å². The van der Waals surface area contributed by atoms with Gasteiger partial charge in [-0.2, -0.15) is 4.31 Å². The van der Waals surface area contributed by atoms with Gasteiger partial charge in [0.2, 0.25) is 15.9 Å². The Balaban J connectivity index is 1.40. The predicted octanol–water partition coefficient (Wildman–Crippen LogP) is 4.35. The van der Waals surface area contributed by atoms with Gasteiger partial charge < -0.3 is 9.64 Å². The molecule has 14 heteroatoms. The van der Waals surface area contributed by atoms with Crippen LogP contribution < -0.4 is 4.90 Å². The number of nitrogens with zero attached hydrogens (tertiary/aromatic N) is 3. The van der Waals surface area contributed by atoms with Gasteiger partial charge in [0.05, 0.1) is 28.1 Å². The molecule has 0 unspecified atom stereocenters. The zero-order chi connectivity index (χ0) is 30.8. The Hall–Kier alpha value is -2.65. The number of sulfonamides is 1. The third-order valence-electron chi connectivity index (χ3n) is 7.43. The molecule has 2 saturated heterocycles. The van der Waals surface area contributed by atoms with Crippen LogP contribution in [0.4, 0.5) is 10.1 Å². The normalized spacial score (nSPS) is 18.7. The highest BCUT2D eigenvalue weighted by atomic mass is 35.5. The van der Waals surface area contributed by atoms with Crippen molar-refractivity contribution in [2.24, 2.45) is 0 Å². The van der Waals surface area contributed by atoms with Crippen LogP contribution in [0.15, 0.2) is 64.9 Å². The van der Waals surface area contributed by atoms with Crippen LogP contribution in [0.2, 0.25) is 4.34 Å². The number of hydrogen-bond acceptors (Lipinski definition) is 8. The van der Waals surface area contributed by atoms with Gasteiger partial charge in [0.15, 0.2) is 9.84 Å². The van der Waals surface area contributed by atoms with Crippen molar-refractivity contribution in [3.05, 3.63) is 75.0 Å². The molecule has 0 aliphatic carbocycles. The lowest BCUT2D eigenvalue weighted by Gasteiger charge is -2.31. The zero-order valence-electron chi connectivity index (χ0n) is 23.4. The minimum Gasteiger partial charge on any atom is -0.379 e. The molecule has 2 aliphatic rings. The van der Waals surface area contributed by atoms with E-state index in [0.717, 1.165) is 11.7 Å². The van der Waals surface area contributed by atoms with E-state index in [2.05, 4.69) is 4.90 Å². The van der Waals surface area contributed by atoms with Crippen molar-refractivity contribution in [3.63, 3.8) is 0 Å². The quantitative estimate of drug-likeness (QED) is 0.317. The third kappa shape index (κ3) is 7.36. The number of anilines is 1. The first-order valence-electron chi connectivity index (χ1n) is 13.6. The summed E-state index contributed by atoms with van der Waals surface area (Å²) in [5.74, 6) is -1.24. The van der Waals surface area contributed by atoms with Gasteiger partial charge >= 0.3 is 0 Å². The summed E-state index contributed by atoms with van der Waals surface area (Å²) in [4.78, 5) is 17.8. The number of carbonyl (C=O) groups is 1. The summed E-state index contributed by atoms with van der Waals surface area (Å²) in [5, 5.41) is 1.08. The molecule has 1 atom stereocenters. The molecule has 3 heterocycles. The van der Waals surface area contributed by atoms with Crippen LogP contribution in [-0.4, -0.2) is 90.2 Å². The molecule has 0 saturated carbocycles. The molecule has 2 aromatic carbocycles. The van der Waals surface area contributed by atoms with Crippen molar-refractivity contribution in [3.8, 4) is 11.1 Å². The third-order valence-corrected chi connectivity index (χ3v) is 11.3. The molecule has 0 N–H and O–H groups in total. The minimum atomic E-state index is -4.05. The number of thiophene rings is 1. The molecule has 3 aromatic rings. The van der Waals surface area contributed by atoms with E-state index in [1.54, 1.807) is 36.4 Å². The first-order chi connectivity index (χ1) is 20.4. The van der Waals surface area contributed by atoms with Gasteiger partial charge in [-0.15, -0.1) is 11.3 Å². The maximum absolute atomic E-state index is 15.5. The van der Waals surface area contributed by atoms with Gasteiger partial charge in [-0.25, -0.2) is 21.2 Å². The van der Waals surface area contributed by atoms with Crippen molar-refractivity contribution in [1.29, 1.82) is 0 Å². The maximum atomic E-state index is 15.5. The number of carbonyl (C=O) groups excluding carboxylic acids is 1. The summed E-state index contributed by atoms with van der Waals surface area (Å²) in [7, 11) is -7.61. The fourth-order valence-corrected chi connectivity index (χ4v) is 8.59. The van der Waals surface area contributed by atoms with Crippen LogP contribution >= 0.6 is 22.9 Å². The number of ether oxygens (including phenoxy) is 1. The standard InChI is InChI=1S/C29H31ClFN3O6S3/c1-42(36,37)27-5-3-2-4-23(27)21-6-8-25(24(31)20-21)33-12-10-26(29(33)35)34(14-13-32-15-17-40-18-16-32)43(38,39)19-11-22-7-9-28(30)41-22/h2-9,11,19-20,26H,10,12-18H2,1H3/t26-/m0/s1. The highest BCUT2D eigenvalue weighted by Crippen LogP contribution is 2.34. The Kier molecular flexibility index (Phi) is 9.71. The number of halogens is 2. The molecular weight excluding hydrogens is 637 g/mol. The van der Waals surface area contributed by atoms with Gasteiger partial charge in [-0.1, -0.05) is 35.9 Å². The SMILES string of the molecule is CS(=O)(=O)c1ccccc1-c1ccc(N2CC[C@H](N(CCN3CCOCC3)S(=O)(=O)C=Cc3ccc(Cl)s3)C2=O)c(F)c1. The second kappa shape index (κ2) is 13.1. The highest BCUT2D eigenvalue weighted by molar-refractivity contribution is 7.92. The van der Waals surface area contributed by atoms with Crippen molar-refractivity contribution in [2.75, 3.05) is 57.1 Å². The highest BCUT2D eigenvalue weighted by Gasteiger charge is 2.42.